The van der Waals surface area contributed by atoms with Crippen LogP contribution in [-0.4, -0.2) is 25.6 Å². The molecule has 0 amide bonds. The zero-order chi connectivity index (χ0) is 13.6. The van der Waals surface area contributed by atoms with E-state index < -0.39 is 29.0 Å². The first-order valence-corrected chi connectivity index (χ1v) is 7.57. The minimum Gasteiger partial charge on any atom is -0.507 e. The predicted molar refractivity (Wildman–Crippen MR) is 65.8 cm³/mol. The van der Waals surface area contributed by atoms with E-state index in [0.29, 0.717) is 9.13 Å². The molecule has 0 heterocycles. The lowest BCUT2D eigenvalue weighted by atomic mass is 10.1. The summed E-state index contributed by atoms with van der Waals surface area (Å²) in [6, 6.07) is 4.56. The van der Waals surface area contributed by atoms with Gasteiger partial charge in [0.2, 0.25) is 0 Å². The van der Waals surface area contributed by atoms with Crippen molar-refractivity contribution in [1.29, 1.82) is 0 Å². The molecule has 0 aliphatic carbocycles. The summed E-state index contributed by atoms with van der Waals surface area (Å²) in [4.78, 5) is 32.5. The lowest BCUT2D eigenvalue weighted by molar-refractivity contribution is 0.101. The molecule has 0 radical (unpaired) electrons. The van der Waals surface area contributed by atoms with Crippen molar-refractivity contribution in [3.8, 4) is 5.75 Å². The molecule has 0 saturated carbocycles. The Morgan fingerprint density at radius 2 is 1.76 bits per heavy atom. The fourth-order valence-electron chi connectivity index (χ4n) is 0.873. The number of halogens is 1. The molecule has 7 nitrogen and oxygen atoms in total. The van der Waals surface area contributed by atoms with Gasteiger partial charge in [-0.1, -0.05) is 6.07 Å². The van der Waals surface area contributed by atoms with Crippen LogP contribution in [0.5, 0.6) is 5.75 Å². The molecule has 0 saturated heterocycles. The number of ketones is 1. The Labute approximate surface area is 107 Å². The Balaban J connectivity index is 0.000000437. The van der Waals surface area contributed by atoms with Crippen LogP contribution in [0.3, 0.4) is 0 Å². The highest BCUT2D eigenvalue weighted by molar-refractivity contribution is 14.1. The average molecular weight is 376 g/mol. The fourth-order valence-corrected chi connectivity index (χ4v) is 2.07. The summed E-state index contributed by atoms with van der Waals surface area (Å²) in [7, 11) is -4.64. The standard InChI is InChI=1S/C8H7IO3.H3O4P/c1-5(10)6-3-2-4-7(11)8(6)9-12;1-5(2,3)4/h2-4,11H,1H3;(H3,1,2,3,4). The first kappa shape index (κ1) is 16.3. The molecule has 4 N–H and O–H groups in total. The summed E-state index contributed by atoms with van der Waals surface area (Å²) >= 11 is -1.49. The number of phenolic OH excluding ortho intramolecular Hbond substituents is 1. The largest absolute Gasteiger partial charge is 0.507 e. The summed E-state index contributed by atoms with van der Waals surface area (Å²) in [5.74, 6) is -0.220. The molecule has 0 aliphatic rings. The minimum atomic E-state index is -4.64. The summed E-state index contributed by atoms with van der Waals surface area (Å²) in [5, 5.41) is 9.22. The maximum atomic E-state index is 10.9. The Hall–Kier alpha value is -0.670. The van der Waals surface area contributed by atoms with Crippen molar-refractivity contribution < 1.29 is 32.2 Å². The van der Waals surface area contributed by atoms with Gasteiger partial charge in [0.25, 0.3) is 0 Å². The average Bonchev–Trinajstić information content (AvgIpc) is 2.14. The fraction of sp³-hybridized carbons (Fsp3) is 0.125. The number of Topliss-reactive ketones (excluding diaryl/α,β-unsaturated/α-hetero) is 1. The normalized spacial score (nSPS) is 10.4. The first-order valence-electron chi connectivity index (χ1n) is 4.05. The number of phosphoric acid groups is 1. The molecule has 0 unspecified atom stereocenters. The molecule has 0 aliphatic heterocycles. The quantitative estimate of drug-likeness (QED) is 0.346. The van der Waals surface area contributed by atoms with Crippen LogP contribution in [0.2, 0.25) is 0 Å². The zero-order valence-electron chi connectivity index (χ0n) is 8.57. The second-order valence-corrected chi connectivity index (χ2v) is 5.33. The lowest BCUT2D eigenvalue weighted by Gasteiger charge is -2.00. The number of hydrogen-bond acceptors (Lipinski definition) is 4. The van der Waals surface area contributed by atoms with E-state index in [2.05, 4.69) is 0 Å². The van der Waals surface area contributed by atoms with Gasteiger partial charge in [-0.15, -0.1) is 0 Å². The first-order chi connectivity index (χ1) is 7.66. The van der Waals surface area contributed by atoms with Gasteiger partial charge >= 0.3 is 7.82 Å². The SMILES string of the molecule is CC(=O)c1cccc(O)c1I=O.O=P(O)(O)O. The van der Waals surface area contributed by atoms with Gasteiger partial charge in [-0.25, -0.2) is 4.57 Å². The second kappa shape index (κ2) is 6.92. The molecule has 0 fully saturated rings. The van der Waals surface area contributed by atoms with Crippen molar-refractivity contribution in [2.45, 2.75) is 6.92 Å². The van der Waals surface area contributed by atoms with Crippen LogP contribution in [-0.2, 0) is 7.63 Å². The number of rotatable bonds is 2. The molecular formula is C8H10IO7P. The van der Waals surface area contributed by atoms with Crippen molar-refractivity contribution in [3.63, 3.8) is 0 Å². The third-order valence-electron chi connectivity index (χ3n) is 1.43. The maximum Gasteiger partial charge on any atom is 0.466 e. The van der Waals surface area contributed by atoms with Crippen LogP contribution in [0, 0.1) is 3.57 Å². The monoisotopic (exact) mass is 376 g/mol. The Morgan fingerprint density at radius 3 is 2.06 bits per heavy atom. The maximum absolute atomic E-state index is 10.9. The summed E-state index contributed by atoms with van der Waals surface area (Å²) in [6.45, 7) is 1.39. The van der Waals surface area contributed by atoms with Gasteiger partial charge in [0.15, 0.2) is 27.0 Å². The number of benzene rings is 1. The molecular weight excluding hydrogens is 366 g/mol. The zero-order valence-corrected chi connectivity index (χ0v) is 11.6. The predicted octanol–water partition coefficient (Wildman–Crippen LogP) is 1.15. The van der Waals surface area contributed by atoms with Gasteiger partial charge in [-0.05, 0) is 19.1 Å². The van der Waals surface area contributed by atoms with Crippen LogP contribution in [0.1, 0.15) is 17.3 Å². The van der Waals surface area contributed by atoms with E-state index in [1.165, 1.54) is 13.0 Å². The van der Waals surface area contributed by atoms with Gasteiger partial charge in [-0.2, -0.15) is 0 Å². The van der Waals surface area contributed by atoms with E-state index in [0.717, 1.165) is 0 Å². The molecule has 1 aromatic rings. The molecule has 17 heavy (non-hydrogen) atoms. The van der Waals surface area contributed by atoms with Crippen molar-refractivity contribution in [1.82, 2.24) is 0 Å². The van der Waals surface area contributed by atoms with Gasteiger partial charge in [0, 0.05) is 5.56 Å². The summed E-state index contributed by atoms with van der Waals surface area (Å²) in [6.07, 6.45) is 0. The number of phenols is 1. The van der Waals surface area contributed by atoms with Crippen molar-refractivity contribution >= 4 is 34.8 Å². The number of carbonyl (C=O) groups is 1. The molecule has 96 valence electrons. The topological polar surface area (TPSA) is 132 Å². The third-order valence-corrected chi connectivity index (χ3v) is 3.01. The summed E-state index contributed by atoms with van der Waals surface area (Å²) in [5.41, 5.74) is 0.359. The Bertz CT molecular complexity index is 459. The number of carbonyl (C=O) groups excluding carboxylic acids is 1. The molecule has 1 rings (SSSR count). The molecule has 0 aromatic heterocycles. The van der Waals surface area contributed by atoms with E-state index in [1.807, 2.05) is 0 Å². The Kier molecular flexibility index (Phi) is 6.65. The molecule has 1 aromatic carbocycles. The molecule has 0 bridgehead atoms. The number of hydrogen-bond donors (Lipinski definition) is 4. The second-order valence-electron chi connectivity index (χ2n) is 2.79. The smallest absolute Gasteiger partial charge is 0.466 e. The van der Waals surface area contributed by atoms with Crippen LogP contribution in [0.25, 0.3) is 0 Å². The molecule has 0 spiro atoms. The summed E-state index contributed by atoms with van der Waals surface area (Å²) < 4.78 is 19.9. The minimum absolute atomic E-state index is 0.0505. The molecule has 9 heteroatoms. The Morgan fingerprint density at radius 1 is 1.29 bits per heavy atom. The third kappa shape index (κ3) is 7.29. The van der Waals surface area contributed by atoms with Crippen LogP contribution < -0.4 is 0 Å². The highest BCUT2D eigenvalue weighted by Crippen LogP contribution is 2.26. The van der Waals surface area contributed by atoms with E-state index >= 15 is 0 Å². The van der Waals surface area contributed by atoms with Gasteiger partial charge in [0.1, 0.15) is 5.75 Å². The van der Waals surface area contributed by atoms with Gasteiger partial charge in [-0.3, -0.25) is 7.86 Å². The van der Waals surface area contributed by atoms with Crippen molar-refractivity contribution in [2.24, 2.45) is 0 Å². The van der Waals surface area contributed by atoms with E-state index in [1.54, 1.807) is 12.1 Å². The van der Waals surface area contributed by atoms with Crippen LogP contribution in [0.15, 0.2) is 18.2 Å². The lowest BCUT2D eigenvalue weighted by Crippen LogP contribution is -1.95. The van der Waals surface area contributed by atoms with Crippen LogP contribution >= 0.6 is 29.0 Å². The van der Waals surface area contributed by atoms with Gasteiger partial charge in [0.05, 0.1) is 3.57 Å². The van der Waals surface area contributed by atoms with Crippen LogP contribution in [0.4, 0.5) is 0 Å². The van der Waals surface area contributed by atoms with Gasteiger partial charge < -0.3 is 19.8 Å². The highest BCUT2D eigenvalue weighted by atomic mass is 127. The highest BCUT2D eigenvalue weighted by Gasteiger charge is 2.10. The van der Waals surface area contributed by atoms with Crippen molar-refractivity contribution in [3.05, 3.63) is 27.3 Å². The van der Waals surface area contributed by atoms with E-state index in [-0.39, 0.29) is 11.5 Å². The van der Waals surface area contributed by atoms with E-state index in [4.69, 9.17) is 19.2 Å². The number of aromatic hydroxyl groups is 1. The molecule has 0 atom stereocenters. The van der Waals surface area contributed by atoms with Crippen molar-refractivity contribution in [2.75, 3.05) is 0 Å². The van der Waals surface area contributed by atoms with E-state index in [9.17, 15) is 13.0 Å².